The summed E-state index contributed by atoms with van der Waals surface area (Å²) < 4.78 is 12.5. The number of hydrogen-bond donors (Lipinski definition) is 1. The molecule has 0 spiro atoms. The van der Waals surface area contributed by atoms with E-state index in [1.807, 2.05) is 32.0 Å². The Balaban J connectivity index is 2.04. The van der Waals surface area contributed by atoms with Crippen molar-refractivity contribution in [2.24, 2.45) is 0 Å². The lowest BCUT2D eigenvalue weighted by Gasteiger charge is -2.18. The molecule has 0 unspecified atom stereocenters. The van der Waals surface area contributed by atoms with Gasteiger partial charge in [-0.15, -0.1) is 0 Å². The van der Waals surface area contributed by atoms with E-state index in [1.165, 1.54) is 0 Å². The molecule has 3 rings (SSSR count). The number of nitrogens with zero attached hydrogens (tertiary/aromatic N) is 3. The highest BCUT2D eigenvalue weighted by atomic mass is 16.7. The Morgan fingerprint density at radius 3 is 2.68 bits per heavy atom. The lowest BCUT2D eigenvalue weighted by Crippen LogP contribution is -2.27. The van der Waals surface area contributed by atoms with E-state index >= 15 is 0 Å². The first-order valence-electron chi connectivity index (χ1n) is 7.40. The summed E-state index contributed by atoms with van der Waals surface area (Å²) in [6, 6.07) is 5.70. The van der Waals surface area contributed by atoms with Gasteiger partial charge in [-0.3, -0.25) is 0 Å². The topological polar surface area (TPSA) is 69.4 Å². The first-order valence-corrected chi connectivity index (χ1v) is 7.40. The van der Waals surface area contributed by atoms with Crippen molar-refractivity contribution in [2.45, 2.75) is 45.8 Å². The predicted octanol–water partition coefficient (Wildman–Crippen LogP) is 2.57. The summed E-state index contributed by atoms with van der Waals surface area (Å²) in [4.78, 5) is 4.63. The third-order valence-corrected chi connectivity index (χ3v) is 3.37. The van der Waals surface area contributed by atoms with Gasteiger partial charge in [-0.25, -0.2) is 9.67 Å². The molecule has 2 heterocycles. The Bertz CT molecular complexity index is 686. The maximum atomic E-state index is 10.1. The van der Waals surface area contributed by atoms with Crippen LogP contribution in [0.3, 0.4) is 0 Å². The number of ether oxygens (including phenoxy) is 2. The molecule has 2 aromatic rings. The summed E-state index contributed by atoms with van der Waals surface area (Å²) in [5, 5.41) is 14.7. The van der Waals surface area contributed by atoms with Crippen molar-refractivity contribution >= 4 is 0 Å². The van der Waals surface area contributed by atoms with Gasteiger partial charge in [0.15, 0.2) is 23.1 Å². The third-order valence-electron chi connectivity index (χ3n) is 3.37. The van der Waals surface area contributed by atoms with E-state index in [1.54, 1.807) is 18.5 Å². The van der Waals surface area contributed by atoms with Crippen molar-refractivity contribution in [1.82, 2.24) is 14.8 Å². The molecule has 0 atom stereocenters. The molecule has 22 heavy (non-hydrogen) atoms. The van der Waals surface area contributed by atoms with Gasteiger partial charge in [0, 0.05) is 11.5 Å². The van der Waals surface area contributed by atoms with Crippen LogP contribution in [0.2, 0.25) is 0 Å². The fourth-order valence-electron chi connectivity index (χ4n) is 2.33. The zero-order valence-corrected chi connectivity index (χ0v) is 13.3. The minimum absolute atomic E-state index is 0.218. The Morgan fingerprint density at radius 1 is 1.27 bits per heavy atom. The fourth-order valence-corrected chi connectivity index (χ4v) is 2.33. The molecule has 1 N–H and O–H groups in total. The van der Waals surface area contributed by atoms with Crippen molar-refractivity contribution in [2.75, 3.05) is 6.79 Å². The predicted molar refractivity (Wildman–Crippen MR) is 82.0 cm³/mol. The molecule has 0 aliphatic carbocycles. The second kappa shape index (κ2) is 5.28. The highest BCUT2D eigenvalue weighted by Gasteiger charge is 2.22. The first kappa shape index (κ1) is 14.8. The molecular formula is C16H21N3O3. The van der Waals surface area contributed by atoms with Crippen LogP contribution in [0.1, 0.15) is 39.4 Å². The summed E-state index contributed by atoms with van der Waals surface area (Å²) in [6.07, 6.45) is 0. The number of benzene rings is 1. The number of aliphatic hydroxyl groups is 1. The second-order valence-electron chi connectivity index (χ2n) is 6.49. The molecule has 6 heteroatoms. The molecule has 0 saturated heterocycles. The smallest absolute Gasteiger partial charge is 0.231 e. The van der Waals surface area contributed by atoms with E-state index in [2.05, 4.69) is 10.1 Å². The van der Waals surface area contributed by atoms with Gasteiger partial charge < -0.3 is 14.6 Å². The van der Waals surface area contributed by atoms with Gasteiger partial charge >= 0.3 is 0 Å². The van der Waals surface area contributed by atoms with Crippen LogP contribution < -0.4 is 9.47 Å². The molecule has 6 nitrogen and oxygen atoms in total. The quantitative estimate of drug-likeness (QED) is 0.940. The fraction of sp³-hybridized carbons (Fsp3) is 0.500. The maximum Gasteiger partial charge on any atom is 0.231 e. The van der Waals surface area contributed by atoms with Gasteiger partial charge in [-0.1, -0.05) is 13.8 Å². The van der Waals surface area contributed by atoms with Crippen molar-refractivity contribution in [1.29, 1.82) is 0 Å². The third kappa shape index (κ3) is 2.92. The Labute approximate surface area is 129 Å². The summed E-state index contributed by atoms with van der Waals surface area (Å²) in [7, 11) is 0. The molecule has 0 saturated carbocycles. The first-order chi connectivity index (χ1) is 10.3. The number of hydrogen-bond acceptors (Lipinski definition) is 5. The monoisotopic (exact) mass is 303 g/mol. The average molecular weight is 303 g/mol. The second-order valence-corrected chi connectivity index (χ2v) is 6.49. The number of rotatable bonds is 4. The lowest BCUT2D eigenvalue weighted by atomic mass is 10.1. The molecule has 1 aliphatic heterocycles. The van der Waals surface area contributed by atoms with Gasteiger partial charge in [0.05, 0.1) is 12.1 Å². The molecule has 118 valence electrons. The minimum atomic E-state index is -0.868. The van der Waals surface area contributed by atoms with Crippen LogP contribution in [-0.4, -0.2) is 32.3 Å². The van der Waals surface area contributed by atoms with Gasteiger partial charge in [-0.2, -0.15) is 5.10 Å². The van der Waals surface area contributed by atoms with Crippen LogP contribution in [-0.2, 0) is 6.54 Å². The van der Waals surface area contributed by atoms with Crippen molar-refractivity contribution in [3.63, 3.8) is 0 Å². The standard InChI is InChI=1S/C16H21N3O3/c1-10(2)14-17-15(19(18-14)8-16(3,4)20)11-5-6-12-13(7-11)22-9-21-12/h5-7,10,20H,8-9H2,1-4H3. The zero-order valence-electron chi connectivity index (χ0n) is 13.3. The molecule has 0 bridgehead atoms. The Kier molecular flexibility index (Phi) is 3.56. The van der Waals surface area contributed by atoms with Crippen molar-refractivity contribution in [3.8, 4) is 22.9 Å². The molecule has 1 aromatic carbocycles. The Morgan fingerprint density at radius 2 is 2.00 bits per heavy atom. The van der Waals surface area contributed by atoms with Crippen LogP contribution >= 0.6 is 0 Å². The van der Waals surface area contributed by atoms with E-state index in [-0.39, 0.29) is 12.7 Å². The van der Waals surface area contributed by atoms with Crippen LogP contribution in [0, 0.1) is 0 Å². The summed E-state index contributed by atoms with van der Waals surface area (Å²) >= 11 is 0. The van der Waals surface area contributed by atoms with Crippen LogP contribution in [0.15, 0.2) is 18.2 Å². The number of aromatic nitrogens is 3. The van der Waals surface area contributed by atoms with Crippen LogP contribution in [0.25, 0.3) is 11.4 Å². The number of fused-ring (bicyclic) bond motifs is 1. The zero-order chi connectivity index (χ0) is 15.9. The SMILES string of the molecule is CC(C)c1nc(-c2ccc3c(c2)OCO3)n(CC(C)(C)O)n1. The van der Waals surface area contributed by atoms with E-state index in [0.29, 0.717) is 12.3 Å². The van der Waals surface area contributed by atoms with E-state index in [4.69, 9.17) is 9.47 Å². The highest BCUT2D eigenvalue weighted by Crippen LogP contribution is 2.35. The summed E-state index contributed by atoms with van der Waals surface area (Å²) in [6.45, 7) is 8.23. The lowest BCUT2D eigenvalue weighted by molar-refractivity contribution is 0.0580. The molecular weight excluding hydrogens is 282 g/mol. The van der Waals surface area contributed by atoms with E-state index in [9.17, 15) is 5.11 Å². The van der Waals surface area contributed by atoms with Gasteiger partial charge in [-0.05, 0) is 32.0 Å². The Hall–Kier alpha value is -2.08. The molecule has 0 radical (unpaired) electrons. The molecule has 0 fully saturated rings. The molecule has 1 aromatic heterocycles. The summed E-state index contributed by atoms with van der Waals surface area (Å²) in [5.74, 6) is 3.15. The highest BCUT2D eigenvalue weighted by molar-refractivity contribution is 5.62. The van der Waals surface area contributed by atoms with Crippen LogP contribution in [0.5, 0.6) is 11.5 Å². The average Bonchev–Trinajstić information content (AvgIpc) is 3.02. The maximum absolute atomic E-state index is 10.1. The summed E-state index contributed by atoms with van der Waals surface area (Å²) in [5.41, 5.74) is 0.0282. The van der Waals surface area contributed by atoms with Crippen molar-refractivity contribution in [3.05, 3.63) is 24.0 Å². The van der Waals surface area contributed by atoms with E-state index < -0.39 is 5.60 Å². The largest absolute Gasteiger partial charge is 0.454 e. The van der Waals surface area contributed by atoms with Gasteiger partial charge in [0.1, 0.15) is 0 Å². The van der Waals surface area contributed by atoms with Gasteiger partial charge in [0.2, 0.25) is 6.79 Å². The normalized spacial score (nSPS) is 13.9. The van der Waals surface area contributed by atoms with Gasteiger partial charge in [0.25, 0.3) is 0 Å². The van der Waals surface area contributed by atoms with Crippen molar-refractivity contribution < 1.29 is 14.6 Å². The van der Waals surface area contributed by atoms with Crippen LogP contribution in [0.4, 0.5) is 0 Å². The molecule has 1 aliphatic rings. The minimum Gasteiger partial charge on any atom is -0.454 e. The van der Waals surface area contributed by atoms with E-state index in [0.717, 1.165) is 23.0 Å². The molecule has 0 amide bonds.